The summed E-state index contributed by atoms with van der Waals surface area (Å²) in [6.07, 6.45) is 2.76. The molecule has 2 N–H and O–H groups in total. The van der Waals surface area contributed by atoms with Crippen molar-refractivity contribution in [2.75, 3.05) is 5.32 Å². The van der Waals surface area contributed by atoms with E-state index < -0.39 is 0 Å². The molecule has 2 rings (SSSR count). The number of nitrogens with one attached hydrogen (secondary N) is 1. The van der Waals surface area contributed by atoms with Gasteiger partial charge in [0.25, 0.3) is 0 Å². The number of anilines is 1. The molecule has 0 spiro atoms. The fourth-order valence-electron chi connectivity index (χ4n) is 2.05. The number of aliphatic hydroxyl groups excluding tert-OH is 1. The molecule has 1 aromatic carbocycles. The van der Waals surface area contributed by atoms with Crippen LogP contribution < -0.4 is 5.32 Å². The van der Waals surface area contributed by atoms with E-state index in [1.165, 1.54) is 0 Å². The maximum Gasteiger partial charge on any atom is 0.0741 e. The Bertz CT molecular complexity index is 353. The zero-order valence-electron chi connectivity index (χ0n) is 8.83. The van der Waals surface area contributed by atoms with Crippen molar-refractivity contribution in [2.24, 2.45) is 0 Å². The fourth-order valence-corrected chi connectivity index (χ4v) is 2.34. The Morgan fingerprint density at radius 3 is 2.80 bits per heavy atom. The van der Waals surface area contributed by atoms with E-state index in [0.29, 0.717) is 0 Å². The molecule has 2 nitrogen and oxygen atoms in total. The lowest BCUT2D eigenvalue weighted by molar-refractivity contribution is 0.172. The van der Waals surface area contributed by atoms with Gasteiger partial charge in [-0.3, -0.25) is 0 Å². The molecule has 0 aromatic heterocycles. The summed E-state index contributed by atoms with van der Waals surface area (Å²) in [4.78, 5) is 0. The van der Waals surface area contributed by atoms with Gasteiger partial charge in [-0.2, -0.15) is 0 Å². The molecule has 0 saturated heterocycles. The maximum atomic E-state index is 9.69. The highest BCUT2D eigenvalue weighted by Gasteiger charge is 2.25. The Balaban J connectivity index is 2.10. The standard InChI is InChI=1S/C12H16ClNO/c1-8-5-6-10(9(13)7-8)14-11-3-2-4-12(11)15/h5-7,11-12,14-15H,2-4H2,1H3/t11-,12-/m0/s1. The summed E-state index contributed by atoms with van der Waals surface area (Å²) in [7, 11) is 0. The average Bonchev–Trinajstić information content (AvgIpc) is 2.57. The molecule has 1 aliphatic carbocycles. The predicted octanol–water partition coefficient (Wildman–Crippen LogP) is 2.97. The van der Waals surface area contributed by atoms with E-state index in [1.54, 1.807) is 0 Å². The summed E-state index contributed by atoms with van der Waals surface area (Å²) in [5.74, 6) is 0. The topological polar surface area (TPSA) is 32.3 Å². The Hall–Kier alpha value is -0.730. The number of halogens is 1. The van der Waals surface area contributed by atoms with E-state index in [2.05, 4.69) is 5.32 Å². The van der Waals surface area contributed by atoms with Gasteiger partial charge in [0.15, 0.2) is 0 Å². The first-order valence-corrected chi connectivity index (χ1v) is 5.75. The van der Waals surface area contributed by atoms with E-state index in [-0.39, 0.29) is 12.1 Å². The zero-order chi connectivity index (χ0) is 10.8. The Kier molecular flexibility index (Phi) is 3.17. The van der Waals surface area contributed by atoms with E-state index in [9.17, 15) is 5.11 Å². The van der Waals surface area contributed by atoms with Gasteiger partial charge in [-0.05, 0) is 43.9 Å². The second-order valence-corrected chi connectivity index (χ2v) is 4.64. The monoisotopic (exact) mass is 225 g/mol. The van der Waals surface area contributed by atoms with Crippen LogP contribution in [0.3, 0.4) is 0 Å². The number of aliphatic hydroxyl groups is 1. The van der Waals surface area contributed by atoms with E-state index >= 15 is 0 Å². The SMILES string of the molecule is Cc1ccc(N[C@H]2CCC[C@@H]2O)c(Cl)c1. The first-order chi connectivity index (χ1) is 7.16. The van der Waals surface area contributed by atoms with Gasteiger partial charge in [0.05, 0.1) is 22.9 Å². The summed E-state index contributed by atoms with van der Waals surface area (Å²) >= 11 is 6.11. The molecular formula is C12H16ClNO. The van der Waals surface area contributed by atoms with Crippen LogP contribution in [-0.4, -0.2) is 17.3 Å². The quantitative estimate of drug-likeness (QED) is 0.811. The highest BCUT2D eigenvalue weighted by molar-refractivity contribution is 6.33. The number of hydrogen-bond donors (Lipinski definition) is 2. The van der Waals surface area contributed by atoms with Crippen LogP contribution in [0.5, 0.6) is 0 Å². The van der Waals surface area contributed by atoms with E-state index in [4.69, 9.17) is 11.6 Å². The molecule has 0 unspecified atom stereocenters. The van der Waals surface area contributed by atoms with Gasteiger partial charge >= 0.3 is 0 Å². The van der Waals surface area contributed by atoms with Gasteiger partial charge in [-0.1, -0.05) is 17.7 Å². The van der Waals surface area contributed by atoms with Gasteiger partial charge in [-0.25, -0.2) is 0 Å². The minimum atomic E-state index is -0.234. The summed E-state index contributed by atoms with van der Waals surface area (Å²) < 4.78 is 0. The van der Waals surface area contributed by atoms with Gasteiger partial charge in [0, 0.05) is 0 Å². The van der Waals surface area contributed by atoms with Crippen LogP contribution in [0.2, 0.25) is 5.02 Å². The molecule has 15 heavy (non-hydrogen) atoms. The van der Waals surface area contributed by atoms with Crippen LogP contribution >= 0.6 is 11.6 Å². The predicted molar refractivity (Wildman–Crippen MR) is 63.5 cm³/mol. The van der Waals surface area contributed by atoms with Crippen molar-refractivity contribution in [1.82, 2.24) is 0 Å². The molecule has 0 amide bonds. The molecule has 0 radical (unpaired) electrons. The lowest BCUT2D eigenvalue weighted by atomic mass is 10.1. The molecular weight excluding hydrogens is 210 g/mol. The molecule has 1 fully saturated rings. The highest BCUT2D eigenvalue weighted by atomic mass is 35.5. The van der Waals surface area contributed by atoms with E-state index in [1.807, 2.05) is 25.1 Å². The Morgan fingerprint density at radius 1 is 1.40 bits per heavy atom. The van der Waals surface area contributed by atoms with Crippen LogP contribution in [0.25, 0.3) is 0 Å². The molecule has 1 saturated carbocycles. The van der Waals surface area contributed by atoms with Crippen LogP contribution in [0.15, 0.2) is 18.2 Å². The molecule has 3 heteroatoms. The molecule has 0 aliphatic heterocycles. The van der Waals surface area contributed by atoms with Crippen molar-refractivity contribution >= 4 is 17.3 Å². The Labute approximate surface area is 95.3 Å². The van der Waals surface area contributed by atoms with Crippen molar-refractivity contribution < 1.29 is 5.11 Å². The third kappa shape index (κ3) is 2.44. The normalized spacial score (nSPS) is 25.5. The van der Waals surface area contributed by atoms with Gasteiger partial charge < -0.3 is 10.4 Å². The lowest BCUT2D eigenvalue weighted by Gasteiger charge is -2.18. The zero-order valence-corrected chi connectivity index (χ0v) is 9.59. The molecule has 1 aliphatic rings. The van der Waals surface area contributed by atoms with Crippen LogP contribution in [0.1, 0.15) is 24.8 Å². The number of rotatable bonds is 2. The summed E-state index contributed by atoms with van der Waals surface area (Å²) in [5, 5.41) is 13.7. The minimum absolute atomic E-state index is 0.158. The number of benzene rings is 1. The smallest absolute Gasteiger partial charge is 0.0741 e. The third-order valence-electron chi connectivity index (χ3n) is 2.94. The summed E-state index contributed by atoms with van der Waals surface area (Å²) in [5.41, 5.74) is 2.07. The van der Waals surface area contributed by atoms with Crippen molar-refractivity contribution in [3.63, 3.8) is 0 Å². The third-order valence-corrected chi connectivity index (χ3v) is 3.26. The molecule has 1 aromatic rings. The first-order valence-electron chi connectivity index (χ1n) is 5.37. The van der Waals surface area contributed by atoms with Crippen LogP contribution in [-0.2, 0) is 0 Å². The van der Waals surface area contributed by atoms with E-state index in [0.717, 1.165) is 35.5 Å². The molecule has 2 atom stereocenters. The molecule has 0 heterocycles. The largest absolute Gasteiger partial charge is 0.391 e. The van der Waals surface area contributed by atoms with Crippen molar-refractivity contribution in [3.05, 3.63) is 28.8 Å². The van der Waals surface area contributed by atoms with Gasteiger partial charge in [-0.15, -0.1) is 0 Å². The van der Waals surface area contributed by atoms with Crippen LogP contribution in [0.4, 0.5) is 5.69 Å². The summed E-state index contributed by atoms with van der Waals surface area (Å²) in [6, 6.07) is 6.09. The lowest BCUT2D eigenvalue weighted by Crippen LogP contribution is -2.27. The van der Waals surface area contributed by atoms with Crippen LogP contribution in [0, 0.1) is 6.92 Å². The van der Waals surface area contributed by atoms with Crippen molar-refractivity contribution in [1.29, 1.82) is 0 Å². The second kappa shape index (κ2) is 4.42. The first kappa shape index (κ1) is 10.8. The minimum Gasteiger partial charge on any atom is -0.391 e. The molecule has 82 valence electrons. The second-order valence-electron chi connectivity index (χ2n) is 4.23. The Morgan fingerprint density at radius 2 is 2.20 bits per heavy atom. The number of aryl methyl sites for hydroxylation is 1. The van der Waals surface area contributed by atoms with Gasteiger partial charge in [0.1, 0.15) is 0 Å². The van der Waals surface area contributed by atoms with Gasteiger partial charge in [0.2, 0.25) is 0 Å². The number of hydrogen-bond acceptors (Lipinski definition) is 2. The fraction of sp³-hybridized carbons (Fsp3) is 0.500. The maximum absolute atomic E-state index is 9.69. The molecule has 0 bridgehead atoms. The van der Waals surface area contributed by atoms with Crippen molar-refractivity contribution in [3.8, 4) is 0 Å². The average molecular weight is 226 g/mol. The summed E-state index contributed by atoms with van der Waals surface area (Å²) in [6.45, 7) is 2.01. The van der Waals surface area contributed by atoms with Crippen molar-refractivity contribution in [2.45, 2.75) is 38.3 Å². The highest BCUT2D eigenvalue weighted by Crippen LogP contribution is 2.28.